The molecule has 0 saturated carbocycles. The van der Waals surface area contributed by atoms with Crippen LogP contribution in [0, 0.1) is 0 Å². The van der Waals surface area contributed by atoms with E-state index < -0.39 is 56.5 Å². The second-order valence-corrected chi connectivity index (χ2v) is 63.7. The van der Waals surface area contributed by atoms with Crippen molar-refractivity contribution in [3.05, 3.63) is 53.1 Å². The van der Waals surface area contributed by atoms with E-state index in [1.54, 1.807) is 13.2 Å². The third-order valence-electron chi connectivity index (χ3n) is 10.1. The quantitative estimate of drug-likeness (QED) is 0.147. The van der Waals surface area contributed by atoms with Gasteiger partial charge in [-0.1, -0.05) is 182 Å². The van der Waals surface area contributed by atoms with Crippen LogP contribution in [0.5, 0.6) is 0 Å². The number of hydrogen-bond acceptors (Lipinski definition) is 0. The lowest BCUT2D eigenvalue weighted by molar-refractivity contribution is 0.996. The van der Waals surface area contributed by atoms with Crippen LogP contribution in [0.15, 0.2) is 36.4 Å². The Hall–Kier alpha value is 0.818. The van der Waals surface area contributed by atoms with Crippen molar-refractivity contribution in [1.29, 1.82) is 0 Å². The normalized spacial score (nSPS) is 16.8. The summed E-state index contributed by atoms with van der Waals surface area (Å²) in [5.74, 6) is 0. The summed E-state index contributed by atoms with van der Waals surface area (Å²) >= 11 is 0. The molecule has 2 rings (SSSR count). The summed E-state index contributed by atoms with van der Waals surface area (Å²) in [5.41, 5.74) is 6.03. The van der Waals surface area contributed by atoms with Gasteiger partial charge in [0.05, 0.1) is 0 Å². The Morgan fingerprint density at radius 3 is 1.05 bits per heavy atom. The Morgan fingerprint density at radius 2 is 0.795 bits per heavy atom. The fraction of sp³-hybridized carbons (Fsp3) is 0.714. The Balaban J connectivity index is 3.47. The molecule has 0 bridgehead atoms. The zero-order chi connectivity index (χ0) is 34.7. The maximum atomic E-state index is 2.95. The molecule has 0 aliphatic heterocycles. The van der Waals surface area contributed by atoms with E-state index in [0.29, 0.717) is 9.94 Å². The van der Waals surface area contributed by atoms with E-state index in [4.69, 9.17) is 0 Å². The molecular weight excluding hydrogens is 679 g/mol. The van der Waals surface area contributed by atoms with Gasteiger partial charge in [-0.3, -0.25) is 0 Å². The van der Waals surface area contributed by atoms with Gasteiger partial charge in [-0.2, -0.15) is 0 Å². The summed E-state index contributed by atoms with van der Waals surface area (Å²) in [4.78, 5) is 0. The smallest absolute Gasteiger partial charge is 0.0499 e. The lowest BCUT2D eigenvalue weighted by atomic mass is 10.1. The molecular formula is C35H72P2Si7. The fourth-order valence-electron chi connectivity index (χ4n) is 11.2. The van der Waals surface area contributed by atoms with E-state index in [1.165, 1.54) is 7.87 Å². The maximum absolute atomic E-state index is 2.95. The lowest BCUT2D eigenvalue weighted by Crippen LogP contribution is -2.74. The maximum Gasteiger partial charge on any atom is 0.0499 e. The van der Waals surface area contributed by atoms with Gasteiger partial charge in [-0.25, -0.2) is 0 Å². The van der Waals surface area contributed by atoms with Crippen molar-refractivity contribution < 1.29 is 0 Å². The first-order valence-corrected chi connectivity index (χ1v) is 44.6. The standard InChI is InChI=1S/C35H72P2Si7/c1-38(2,3)33(39(4,5)6)30-26-28(35(42(13,14)15,43(16,17)18)44(19,20)21)27-31(34(40(7,8)9)41(10,11)12)32(30)37-36-29-24-22-23-25-29/h22-27,29,33-34H,1-21H3. The highest BCUT2D eigenvalue weighted by Gasteiger charge is 2.61. The molecule has 0 fully saturated rings. The number of hydrogen-bond donors (Lipinski definition) is 0. The first kappa shape index (κ1) is 41.0. The molecule has 0 unspecified atom stereocenters. The topological polar surface area (TPSA) is 0 Å². The molecule has 0 N–H and O–H groups in total. The average molecular weight is 752 g/mol. The molecule has 0 radical (unpaired) electrons. The molecule has 1 aliphatic rings. The van der Waals surface area contributed by atoms with Gasteiger partial charge < -0.3 is 0 Å². The molecule has 9 heteroatoms. The van der Waals surface area contributed by atoms with Crippen molar-refractivity contribution in [1.82, 2.24) is 0 Å². The van der Waals surface area contributed by atoms with Crippen LogP contribution >= 0.6 is 15.7 Å². The first-order chi connectivity index (χ1) is 19.3. The van der Waals surface area contributed by atoms with E-state index in [1.807, 2.05) is 16.7 Å². The Bertz CT molecular complexity index is 1130. The molecule has 1 aromatic carbocycles. The van der Waals surface area contributed by atoms with Gasteiger partial charge >= 0.3 is 0 Å². The van der Waals surface area contributed by atoms with Crippen LogP contribution < -0.4 is 5.30 Å². The third kappa shape index (κ3) is 8.51. The van der Waals surface area contributed by atoms with E-state index in [9.17, 15) is 0 Å². The Morgan fingerprint density at radius 1 is 0.500 bits per heavy atom. The second kappa shape index (κ2) is 13.3. The summed E-state index contributed by atoms with van der Waals surface area (Å²) in [6.45, 7) is 57.0. The van der Waals surface area contributed by atoms with Gasteiger partial charge in [0.15, 0.2) is 0 Å². The summed E-state index contributed by atoms with van der Waals surface area (Å²) in [6.07, 6.45) is 9.39. The zero-order valence-electron chi connectivity index (χ0n) is 33.1. The van der Waals surface area contributed by atoms with E-state index in [0.717, 1.165) is 10.3 Å². The van der Waals surface area contributed by atoms with Crippen molar-refractivity contribution in [3.63, 3.8) is 0 Å². The average Bonchev–Trinajstić information content (AvgIpc) is 3.19. The minimum Gasteiger partial charge on any atom is -0.0693 e. The summed E-state index contributed by atoms with van der Waals surface area (Å²) < 4.78 is 0.396. The van der Waals surface area contributed by atoms with Crippen LogP contribution in [0.25, 0.3) is 0 Å². The molecule has 0 saturated heterocycles. The summed E-state index contributed by atoms with van der Waals surface area (Å²) in [6, 6.07) is 5.90. The Kier molecular flexibility index (Phi) is 12.4. The van der Waals surface area contributed by atoms with Gasteiger partial charge in [0, 0.05) is 67.5 Å². The molecule has 1 aliphatic carbocycles. The van der Waals surface area contributed by atoms with Crippen LogP contribution in [0.4, 0.5) is 0 Å². The van der Waals surface area contributed by atoms with Crippen LogP contribution in [-0.4, -0.2) is 62.2 Å². The SMILES string of the molecule is C[Si](C)(C)C(c1cc(C([Si](C)(C)C)([Si](C)(C)C)[Si](C)(C)C)cc(C([Si](C)(C)C)[Si](C)(C)C)c1P=PC1C=CC=C1)[Si](C)(C)C. The van der Waals surface area contributed by atoms with Crippen LogP contribution in [0.2, 0.25) is 137 Å². The number of rotatable bonds is 12. The van der Waals surface area contributed by atoms with Crippen molar-refractivity contribution in [2.75, 3.05) is 0 Å². The van der Waals surface area contributed by atoms with E-state index >= 15 is 0 Å². The molecule has 0 amide bonds. The van der Waals surface area contributed by atoms with Gasteiger partial charge in [-0.15, -0.1) is 0 Å². The van der Waals surface area contributed by atoms with Crippen molar-refractivity contribution >= 4 is 77.6 Å². The van der Waals surface area contributed by atoms with Crippen LogP contribution in [0.1, 0.15) is 27.0 Å². The van der Waals surface area contributed by atoms with Crippen molar-refractivity contribution in [3.8, 4) is 0 Å². The predicted molar refractivity (Wildman–Crippen MR) is 233 cm³/mol. The molecule has 0 aromatic heterocycles. The monoisotopic (exact) mass is 750 g/mol. The van der Waals surface area contributed by atoms with Gasteiger partial charge in [0.25, 0.3) is 0 Å². The first-order valence-electron chi connectivity index (χ1n) is 17.2. The molecule has 0 atom stereocenters. The van der Waals surface area contributed by atoms with Gasteiger partial charge in [0.2, 0.25) is 0 Å². The highest BCUT2D eigenvalue weighted by Crippen LogP contribution is 2.52. The minimum absolute atomic E-state index is 0.396. The number of benzene rings is 1. The molecule has 44 heavy (non-hydrogen) atoms. The van der Waals surface area contributed by atoms with Gasteiger partial charge in [-0.05, 0) is 39.2 Å². The molecule has 0 heterocycles. The predicted octanol–water partition coefficient (Wildman–Crippen LogP) is 13.2. The fourth-order valence-corrected chi connectivity index (χ4v) is 70.3. The summed E-state index contributed by atoms with van der Waals surface area (Å²) in [7, 11) is -8.05. The lowest BCUT2D eigenvalue weighted by Gasteiger charge is -2.60. The van der Waals surface area contributed by atoms with Gasteiger partial charge in [0.1, 0.15) is 0 Å². The summed E-state index contributed by atoms with van der Waals surface area (Å²) in [5, 5.41) is 3.30. The third-order valence-corrected chi connectivity index (χ3v) is 53.0. The van der Waals surface area contributed by atoms with E-state index in [2.05, 4.69) is 174 Å². The largest absolute Gasteiger partial charge is 0.0693 e. The number of allylic oxidation sites excluding steroid dienone is 4. The van der Waals surface area contributed by atoms with Crippen LogP contribution in [-0.2, 0) is 4.28 Å². The molecule has 0 nitrogen and oxygen atoms in total. The second-order valence-electron chi connectivity index (χ2n) is 21.3. The molecule has 250 valence electrons. The molecule has 0 spiro atoms. The minimum atomic E-state index is -1.66. The van der Waals surface area contributed by atoms with E-state index in [-0.39, 0.29) is 0 Å². The Labute approximate surface area is 286 Å². The van der Waals surface area contributed by atoms with Crippen molar-refractivity contribution in [2.45, 2.75) is 158 Å². The van der Waals surface area contributed by atoms with Crippen LogP contribution in [0.3, 0.4) is 0 Å². The van der Waals surface area contributed by atoms with Crippen molar-refractivity contribution in [2.24, 2.45) is 0 Å². The zero-order valence-corrected chi connectivity index (χ0v) is 41.9. The molecule has 1 aromatic rings. The highest BCUT2D eigenvalue weighted by molar-refractivity contribution is 7.88. The highest BCUT2D eigenvalue weighted by atomic mass is 31.7.